The topological polar surface area (TPSA) is 176 Å². The third kappa shape index (κ3) is 2.98. The number of azide groups is 2. The Bertz CT molecular complexity index is 614. The van der Waals surface area contributed by atoms with E-state index in [1.165, 1.54) is 6.92 Å². The number of nitrogens with zero attached hydrogens (tertiary/aromatic N) is 7. The number of carbonyl (C=O) groups is 2. The molecule has 0 radical (unpaired) electrons. The predicted octanol–water partition coefficient (Wildman–Crippen LogP) is 0.958. The molecule has 2 rings (SSSR count). The molecule has 0 aromatic heterocycles. The number of nitrogens with one attached hydrogen (secondary N) is 1. The number of aliphatic hydroxyl groups is 1. The van der Waals surface area contributed by atoms with Crippen LogP contribution in [-0.2, 0) is 9.53 Å². The van der Waals surface area contributed by atoms with Gasteiger partial charge < -0.3 is 9.84 Å². The Balaban J connectivity index is 2.35. The maximum absolute atomic E-state index is 12.1. The van der Waals surface area contributed by atoms with Gasteiger partial charge in [-0.25, -0.2) is 4.79 Å². The van der Waals surface area contributed by atoms with Crippen molar-refractivity contribution in [3.63, 3.8) is 0 Å². The zero-order chi connectivity index (χ0) is 17.2. The molecule has 2 saturated heterocycles. The van der Waals surface area contributed by atoms with E-state index < -0.39 is 48.0 Å². The minimum absolute atomic E-state index is 0.0569. The second-order valence-corrected chi connectivity index (χ2v) is 5.93. The molecule has 0 unspecified atom stereocenters. The zero-order valence-electron chi connectivity index (χ0n) is 11.9. The molecule has 2 aliphatic rings. The van der Waals surface area contributed by atoms with Crippen LogP contribution < -0.4 is 5.32 Å². The average Bonchev–Trinajstić information content (AvgIpc) is 2.88. The molecule has 0 spiro atoms. The smallest absolute Gasteiger partial charge is 0.326 e. The number of imide groups is 1. The van der Waals surface area contributed by atoms with E-state index in [1.54, 1.807) is 0 Å². The maximum Gasteiger partial charge on any atom is 0.326 e. The lowest BCUT2D eigenvalue weighted by atomic mass is 10.0. The van der Waals surface area contributed by atoms with Crippen LogP contribution in [0.5, 0.6) is 0 Å². The van der Waals surface area contributed by atoms with Crippen molar-refractivity contribution in [1.82, 2.24) is 10.2 Å². The third-order valence-corrected chi connectivity index (χ3v) is 4.07. The van der Waals surface area contributed by atoms with Gasteiger partial charge in [-0.05, 0) is 18.0 Å². The summed E-state index contributed by atoms with van der Waals surface area (Å²) >= 11 is 6.12. The Morgan fingerprint density at radius 3 is 2.70 bits per heavy atom. The van der Waals surface area contributed by atoms with Gasteiger partial charge in [0, 0.05) is 16.2 Å². The molecule has 12 nitrogen and oxygen atoms in total. The van der Waals surface area contributed by atoms with E-state index in [2.05, 4.69) is 25.4 Å². The summed E-state index contributed by atoms with van der Waals surface area (Å²) in [7, 11) is 0. The van der Waals surface area contributed by atoms with Crippen LogP contribution in [0.3, 0.4) is 0 Å². The van der Waals surface area contributed by atoms with Crippen molar-refractivity contribution in [3.05, 3.63) is 20.9 Å². The molecule has 0 aromatic rings. The Labute approximate surface area is 134 Å². The van der Waals surface area contributed by atoms with E-state index in [4.69, 9.17) is 27.4 Å². The zero-order valence-corrected chi connectivity index (χ0v) is 12.7. The lowest BCUT2D eigenvalue weighted by Gasteiger charge is -2.43. The summed E-state index contributed by atoms with van der Waals surface area (Å²) in [6.07, 6.45) is -3.09. The number of amides is 3. The molecule has 2 N–H and O–H groups in total. The maximum atomic E-state index is 12.1. The molecule has 3 amide bonds. The Kier molecular flexibility index (Phi) is 4.83. The highest BCUT2D eigenvalue weighted by atomic mass is 35.5. The number of halogens is 1. The number of hydrogen-bond donors (Lipinski definition) is 2. The van der Waals surface area contributed by atoms with E-state index in [0.717, 1.165) is 4.90 Å². The molecule has 2 heterocycles. The minimum atomic E-state index is -1.70. The summed E-state index contributed by atoms with van der Waals surface area (Å²) < 4.78 is 5.49. The number of aliphatic hydroxyl groups excluding tert-OH is 1. The van der Waals surface area contributed by atoms with Crippen LogP contribution >= 0.6 is 11.6 Å². The Hall–Kier alpha value is -2.23. The number of urea groups is 1. The highest BCUT2D eigenvalue weighted by Crippen LogP contribution is 2.35. The minimum Gasteiger partial charge on any atom is -0.394 e. The van der Waals surface area contributed by atoms with Gasteiger partial charge in [-0.1, -0.05) is 10.2 Å². The van der Waals surface area contributed by atoms with Gasteiger partial charge in [0.15, 0.2) is 0 Å². The molecular weight excluding hydrogens is 332 g/mol. The summed E-state index contributed by atoms with van der Waals surface area (Å²) in [5.74, 6) is -0.805. The number of rotatable bonds is 4. The van der Waals surface area contributed by atoms with Gasteiger partial charge in [0.1, 0.15) is 17.3 Å². The molecule has 2 fully saturated rings. The van der Waals surface area contributed by atoms with Crippen LogP contribution in [0.25, 0.3) is 20.9 Å². The lowest BCUT2D eigenvalue weighted by molar-refractivity contribution is -0.130. The highest BCUT2D eigenvalue weighted by Gasteiger charge is 2.53. The fourth-order valence-electron chi connectivity index (χ4n) is 2.51. The molecule has 13 heteroatoms. The molecule has 2 aliphatic heterocycles. The first-order chi connectivity index (χ1) is 10.9. The highest BCUT2D eigenvalue weighted by molar-refractivity contribution is 6.37. The quantitative estimate of drug-likeness (QED) is 0.334. The first kappa shape index (κ1) is 17.1. The van der Waals surface area contributed by atoms with E-state index in [-0.39, 0.29) is 6.42 Å². The molecule has 23 heavy (non-hydrogen) atoms. The first-order valence-corrected chi connectivity index (χ1v) is 6.92. The van der Waals surface area contributed by atoms with Crippen molar-refractivity contribution in [1.29, 1.82) is 0 Å². The summed E-state index contributed by atoms with van der Waals surface area (Å²) in [6.45, 7) is 0.866. The first-order valence-electron chi connectivity index (χ1n) is 6.54. The third-order valence-electron chi connectivity index (χ3n) is 3.70. The second kappa shape index (κ2) is 6.49. The van der Waals surface area contributed by atoms with Crippen LogP contribution in [0.4, 0.5) is 4.79 Å². The summed E-state index contributed by atoms with van der Waals surface area (Å²) in [5.41, 5.74) is 17.2. The monoisotopic (exact) mass is 344 g/mol. The van der Waals surface area contributed by atoms with Gasteiger partial charge in [0.2, 0.25) is 0 Å². The van der Waals surface area contributed by atoms with E-state index >= 15 is 0 Å². The number of carbonyl (C=O) groups excluding carboxylic acids is 2. The second-order valence-electron chi connectivity index (χ2n) is 5.14. The molecule has 5 atom stereocenters. The van der Waals surface area contributed by atoms with Gasteiger partial charge in [0.25, 0.3) is 5.91 Å². The summed E-state index contributed by atoms with van der Waals surface area (Å²) in [4.78, 5) is 28.5. The van der Waals surface area contributed by atoms with Crippen LogP contribution in [-0.4, -0.2) is 58.0 Å². The van der Waals surface area contributed by atoms with Crippen molar-refractivity contribution < 1.29 is 19.4 Å². The molecule has 0 bridgehead atoms. The van der Waals surface area contributed by atoms with Crippen molar-refractivity contribution in [2.45, 2.75) is 42.8 Å². The van der Waals surface area contributed by atoms with E-state index in [0.29, 0.717) is 0 Å². The van der Waals surface area contributed by atoms with Gasteiger partial charge in [0.05, 0.1) is 18.8 Å². The van der Waals surface area contributed by atoms with E-state index in [9.17, 15) is 14.7 Å². The SMILES string of the molecule is C[C@]1(Cl)C(=O)NC(=O)N([C@H]2C[C@H](N=[N+]=[N-])[C@@H](CO)O2)[C@H]1N=[N+]=[N-]. The van der Waals surface area contributed by atoms with Crippen LogP contribution in [0.2, 0.25) is 0 Å². The van der Waals surface area contributed by atoms with Gasteiger partial charge in [-0.3, -0.25) is 15.0 Å². The average molecular weight is 345 g/mol. The molecule has 0 aliphatic carbocycles. The van der Waals surface area contributed by atoms with Crippen molar-refractivity contribution in [3.8, 4) is 0 Å². The standard InChI is InChI=1S/C10H13ClN8O4/c1-10(11)7(16-18-13)19(9(22)14-8(10)21)6-2-4(15-17-12)5(3-20)23-6/h4-7,20H,2-3H2,1H3,(H,14,21,22)/t4-,5+,6+,7+,10+/m0/s1. The molecular formula is C10H13ClN8O4. The summed E-state index contributed by atoms with van der Waals surface area (Å²) in [5, 5.41) is 18.3. The lowest BCUT2D eigenvalue weighted by Crippen LogP contribution is -2.68. The Morgan fingerprint density at radius 1 is 1.48 bits per heavy atom. The Morgan fingerprint density at radius 2 is 2.13 bits per heavy atom. The largest absolute Gasteiger partial charge is 0.394 e. The van der Waals surface area contributed by atoms with Crippen molar-refractivity contribution in [2.75, 3.05) is 6.61 Å². The normalized spacial score (nSPS) is 36.9. The van der Waals surface area contributed by atoms with Gasteiger partial charge in [-0.15, -0.1) is 11.6 Å². The molecule has 0 saturated carbocycles. The van der Waals surface area contributed by atoms with Crippen LogP contribution in [0.1, 0.15) is 13.3 Å². The molecule has 124 valence electrons. The number of ether oxygens (including phenoxy) is 1. The fraction of sp³-hybridized carbons (Fsp3) is 0.800. The molecule has 0 aromatic carbocycles. The van der Waals surface area contributed by atoms with Crippen LogP contribution in [0, 0.1) is 0 Å². The number of alkyl halides is 1. The van der Waals surface area contributed by atoms with Crippen molar-refractivity contribution in [2.24, 2.45) is 10.2 Å². The van der Waals surface area contributed by atoms with Gasteiger partial charge in [-0.2, -0.15) is 0 Å². The summed E-state index contributed by atoms with van der Waals surface area (Å²) in [6, 6.07) is -1.57. The van der Waals surface area contributed by atoms with Crippen molar-refractivity contribution >= 4 is 23.5 Å². The van der Waals surface area contributed by atoms with E-state index in [1.807, 2.05) is 0 Å². The number of hydrogen-bond acceptors (Lipinski definition) is 6. The van der Waals surface area contributed by atoms with Gasteiger partial charge >= 0.3 is 6.03 Å². The predicted molar refractivity (Wildman–Crippen MR) is 75.9 cm³/mol. The van der Waals surface area contributed by atoms with Crippen LogP contribution in [0.15, 0.2) is 10.2 Å². The fourth-order valence-corrected chi connectivity index (χ4v) is 2.71.